The van der Waals surface area contributed by atoms with Gasteiger partial charge in [-0.3, -0.25) is 0 Å². The summed E-state index contributed by atoms with van der Waals surface area (Å²) in [4.78, 5) is 19.3. The Balaban J connectivity index is 1.74. The molecular weight excluding hydrogens is 424 g/mol. The van der Waals surface area contributed by atoms with Crippen LogP contribution in [0.5, 0.6) is 11.6 Å². The summed E-state index contributed by atoms with van der Waals surface area (Å²) in [6.07, 6.45) is 1.64. The van der Waals surface area contributed by atoms with Crippen LogP contribution in [0.25, 0.3) is 33.6 Å². The van der Waals surface area contributed by atoms with E-state index in [1.165, 1.54) is 6.33 Å². The number of aromatic nitrogens is 2. The lowest BCUT2D eigenvalue weighted by molar-refractivity contribution is -0.142. The molecule has 0 spiro atoms. The lowest BCUT2D eigenvalue weighted by atomic mass is 9.99. The highest BCUT2D eigenvalue weighted by Crippen LogP contribution is 2.43. The van der Waals surface area contributed by atoms with Crippen molar-refractivity contribution in [3.63, 3.8) is 0 Å². The number of methoxy groups -OCH3 is 1. The zero-order valence-corrected chi connectivity index (χ0v) is 18.4. The average Bonchev–Trinajstić information content (AvgIpc) is 3.23. The number of carbonyl (C=O) groups is 1. The summed E-state index contributed by atoms with van der Waals surface area (Å²) < 4.78 is 22.7. The SMILES string of the molecule is COc1ccc(-c2c(-c3ccccc3)oc3ncnc(O[C@H](C)CCOCC(=O)O)c23)cc1. The van der Waals surface area contributed by atoms with Crippen molar-refractivity contribution in [3.8, 4) is 34.1 Å². The molecule has 4 rings (SSSR count). The Morgan fingerprint density at radius 1 is 1.06 bits per heavy atom. The minimum absolute atomic E-state index is 0.258. The lowest BCUT2D eigenvalue weighted by Crippen LogP contribution is -2.17. The largest absolute Gasteiger partial charge is 0.497 e. The molecule has 1 atom stereocenters. The number of nitrogens with zero attached hydrogens (tertiary/aromatic N) is 2. The normalized spacial score (nSPS) is 11.9. The fourth-order valence-corrected chi connectivity index (χ4v) is 3.48. The van der Waals surface area contributed by atoms with Gasteiger partial charge in [-0.15, -0.1) is 0 Å². The highest BCUT2D eigenvalue weighted by atomic mass is 16.5. The van der Waals surface area contributed by atoms with Gasteiger partial charge in [0.05, 0.1) is 19.8 Å². The Hall–Kier alpha value is -3.91. The van der Waals surface area contributed by atoms with Crippen LogP contribution in [0.4, 0.5) is 0 Å². The van der Waals surface area contributed by atoms with Crippen LogP contribution in [0.3, 0.4) is 0 Å². The van der Waals surface area contributed by atoms with Gasteiger partial charge in [-0.1, -0.05) is 42.5 Å². The maximum Gasteiger partial charge on any atom is 0.329 e. The highest BCUT2D eigenvalue weighted by molar-refractivity contribution is 6.03. The Morgan fingerprint density at radius 3 is 2.52 bits per heavy atom. The van der Waals surface area contributed by atoms with Crippen LogP contribution in [0.15, 0.2) is 65.3 Å². The van der Waals surface area contributed by atoms with Gasteiger partial charge in [0.2, 0.25) is 11.6 Å². The number of ether oxygens (including phenoxy) is 3. The Morgan fingerprint density at radius 2 is 1.82 bits per heavy atom. The second-order valence-electron chi connectivity index (χ2n) is 7.42. The zero-order valence-electron chi connectivity index (χ0n) is 18.4. The second-order valence-corrected chi connectivity index (χ2v) is 7.42. The number of benzene rings is 2. The maximum absolute atomic E-state index is 10.6. The molecule has 2 aromatic carbocycles. The van der Waals surface area contributed by atoms with Crippen molar-refractivity contribution in [2.24, 2.45) is 0 Å². The van der Waals surface area contributed by atoms with Gasteiger partial charge in [0.15, 0.2) is 0 Å². The van der Waals surface area contributed by atoms with Crippen LogP contribution in [0.1, 0.15) is 13.3 Å². The first-order valence-electron chi connectivity index (χ1n) is 10.5. The number of furan rings is 1. The number of hydrogen-bond acceptors (Lipinski definition) is 7. The third-order valence-corrected chi connectivity index (χ3v) is 5.08. The fourth-order valence-electron chi connectivity index (χ4n) is 3.48. The van der Waals surface area contributed by atoms with E-state index in [2.05, 4.69) is 9.97 Å². The summed E-state index contributed by atoms with van der Waals surface area (Å²) in [6, 6.07) is 17.5. The van der Waals surface area contributed by atoms with Gasteiger partial charge < -0.3 is 23.7 Å². The van der Waals surface area contributed by atoms with E-state index in [0.29, 0.717) is 29.2 Å². The van der Waals surface area contributed by atoms with Gasteiger partial charge in [-0.2, -0.15) is 0 Å². The Kier molecular flexibility index (Phi) is 6.85. The minimum Gasteiger partial charge on any atom is -0.497 e. The third kappa shape index (κ3) is 5.12. The van der Waals surface area contributed by atoms with Gasteiger partial charge in [0.25, 0.3) is 0 Å². The van der Waals surface area contributed by atoms with Gasteiger partial charge in [-0.25, -0.2) is 14.8 Å². The summed E-state index contributed by atoms with van der Waals surface area (Å²) in [5.74, 6) is 0.800. The van der Waals surface area contributed by atoms with Crippen LogP contribution < -0.4 is 9.47 Å². The summed E-state index contributed by atoms with van der Waals surface area (Å²) >= 11 is 0. The van der Waals surface area contributed by atoms with E-state index in [1.54, 1.807) is 7.11 Å². The molecule has 8 nitrogen and oxygen atoms in total. The molecule has 0 bridgehead atoms. The topological polar surface area (TPSA) is 104 Å². The smallest absolute Gasteiger partial charge is 0.329 e. The number of carboxylic acids is 1. The molecule has 2 heterocycles. The molecule has 2 aromatic heterocycles. The van der Waals surface area contributed by atoms with Crippen molar-refractivity contribution < 1.29 is 28.5 Å². The van der Waals surface area contributed by atoms with E-state index in [4.69, 9.17) is 23.7 Å². The molecule has 1 N–H and O–H groups in total. The third-order valence-electron chi connectivity index (χ3n) is 5.08. The van der Waals surface area contributed by atoms with Gasteiger partial charge in [0.1, 0.15) is 29.8 Å². The second kappa shape index (κ2) is 10.1. The van der Waals surface area contributed by atoms with Crippen LogP contribution in [-0.2, 0) is 9.53 Å². The molecule has 0 aliphatic heterocycles. The predicted molar refractivity (Wildman–Crippen MR) is 122 cm³/mol. The van der Waals surface area contributed by atoms with Crippen LogP contribution in [0, 0.1) is 0 Å². The molecule has 0 radical (unpaired) electrons. The molecule has 0 saturated carbocycles. The van der Waals surface area contributed by atoms with Crippen molar-refractivity contribution in [2.45, 2.75) is 19.4 Å². The Bertz CT molecular complexity index is 1220. The molecule has 0 aliphatic carbocycles. The summed E-state index contributed by atoms with van der Waals surface area (Å²) in [7, 11) is 1.62. The van der Waals surface area contributed by atoms with E-state index in [1.807, 2.05) is 61.5 Å². The quantitative estimate of drug-likeness (QED) is 0.344. The number of rotatable bonds is 10. The first-order chi connectivity index (χ1) is 16.1. The van der Waals surface area contributed by atoms with E-state index < -0.39 is 5.97 Å². The molecule has 0 fully saturated rings. The molecule has 0 amide bonds. The van der Waals surface area contributed by atoms with Gasteiger partial charge in [0, 0.05) is 17.5 Å². The van der Waals surface area contributed by atoms with E-state index in [9.17, 15) is 4.79 Å². The molecule has 0 unspecified atom stereocenters. The molecule has 33 heavy (non-hydrogen) atoms. The molecular formula is C25H24N2O6. The van der Waals surface area contributed by atoms with E-state index in [-0.39, 0.29) is 19.3 Å². The number of carboxylic acid groups (broad SMARTS) is 1. The van der Waals surface area contributed by atoms with Gasteiger partial charge >= 0.3 is 5.97 Å². The van der Waals surface area contributed by atoms with Crippen molar-refractivity contribution in [1.29, 1.82) is 0 Å². The summed E-state index contributed by atoms with van der Waals surface area (Å²) in [6.45, 7) is 1.80. The molecule has 4 aromatic rings. The molecule has 0 saturated heterocycles. The fraction of sp³-hybridized carbons (Fsp3) is 0.240. The van der Waals surface area contributed by atoms with Crippen molar-refractivity contribution >= 4 is 17.1 Å². The maximum atomic E-state index is 10.6. The molecule has 170 valence electrons. The first-order valence-corrected chi connectivity index (χ1v) is 10.5. The van der Waals surface area contributed by atoms with Crippen LogP contribution >= 0.6 is 0 Å². The van der Waals surface area contributed by atoms with Crippen LogP contribution in [0.2, 0.25) is 0 Å². The number of fused-ring (bicyclic) bond motifs is 1. The van der Waals surface area contributed by atoms with Crippen molar-refractivity contribution in [2.75, 3.05) is 20.3 Å². The summed E-state index contributed by atoms with van der Waals surface area (Å²) in [5.41, 5.74) is 3.05. The molecule has 0 aliphatic rings. The van der Waals surface area contributed by atoms with Gasteiger partial charge in [-0.05, 0) is 24.6 Å². The zero-order chi connectivity index (χ0) is 23.2. The number of hydrogen-bond donors (Lipinski definition) is 1. The standard InChI is InChI=1S/C25H24N2O6/c1-16(12-13-31-14-20(28)29)32-24-22-21(17-8-10-19(30-2)11-9-17)23(18-6-4-3-5-7-18)33-25(22)27-15-26-24/h3-11,15-16H,12-14H2,1-2H3,(H,28,29)/t16-/m1/s1. The number of aliphatic carboxylic acids is 1. The van der Waals surface area contributed by atoms with Crippen LogP contribution in [-0.4, -0.2) is 47.5 Å². The molecule has 8 heteroatoms. The average molecular weight is 448 g/mol. The minimum atomic E-state index is -1.00. The van der Waals surface area contributed by atoms with Crippen molar-refractivity contribution in [3.05, 3.63) is 60.9 Å². The van der Waals surface area contributed by atoms with Crippen molar-refractivity contribution in [1.82, 2.24) is 9.97 Å². The lowest BCUT2D eigenvalue weighted by Gasteiger charge is -2.14. The summed E-state index contributed by atoms with van der Waals surface area (Å²) in [5, 5.41) is 9.38. The Labute approximate surface area is 190 Å². The first kappa shape index (κ1) is 22.3. The van der Waals surface area contributed by atoms with E-state index >= 15 is 0 Å². The monoisotopic (exact) mass is 448 g/mol. The predicted octanol–water partition coefficient (Wildman–Crippen LogP) is 4.82. The van der Waals surface area contributed by atoms with E-state index in [0.717, 1.165) is 22.4 Å². The highest BCUT2D eigenvalue weighted by Gasteiger charge is 2.23.